The molecule has 0 unspecified atom stereocenters. The zero-order chi connectivity index (χ0) is 19.7. The summed E-state index contributed by atoms with van der Waals surface area (Å²) in [5.41, 5.74) is 8.50. The van der Waals surface area contributed by atoms with Gasteiger partial charge < -0.3 is 16.0 Å². The molecule has 4 N–H and O–H groups in total. The van der Waals surface area contributed by atoms with Gasteiger partial charge in [-0.1, -0.05) is 11.8 Å². The van der Waals surface area contributed by atoms with Gasteiger partial charge in [0.05, 0.1) is 23.2 Å². The number of carbonyl (C=O) groups is 2. The number of nitrogens with two attached hydrogens (primary N) is 1. The third kappa shape index (κ3) is 3.81. The van der Waals surface area contributed by atoms with Crippen molar-refractivity contribution in [1.82, 2.24) is 9.97 Å². The molecule has 0 saturated carbocycles. The van der Waals surface area contributed by atoms with E-state index >= 15 is 0 Å². The standard InChI is InChI=1S/C19H17FN4O2S2/c20-11-6-4-10(5-7-11)13-8-22-19(23-13)27-9-15(25)24-18-16(17(21)26)12-2-1-3-14(12)28-18/h4-8H,1-3,9H2,(H2,21,26)(H,22,23)(H,24,25). The van der Waals surface area contributed by atoms with Crippen LogP contribution >= 0.6 is 23.1 Å². The molecule has 2 heterocycles. The van der Waals surface area contributed by atoms with Gasteiger partial charge in [0.2, 0.25) is 5.91 Å². The second kappa shape index (κ2) is 7.76. The Morgan fingerprint density at radius 3 is 2.82 bits per heavy atom. The van der Waals surface area contributed by atoms with E-state index in [0.29, 0.717) is 15.7 Å². The van der Waals surface area contributed by atoms with Crippen molar-refractivity contribution in [2.75, 3.05) is 11.1 Å². The number of thiophene rings is 1. The first-order valence-corrected chi connectivity index (χ1v) is 10.5. The molecule has 0 aliphatic heterocycles. The van der Waals surface area contributed by atoms with Crippen LogP contribution in [0.15, 0.2) is 35.6 Å². The highest BCUT2D eigenvalue weighted by Crippen LogP contribution is 2.38. The summed E-state index contributed by atoms with van der Waals surface area (Å²) in [6.45, 7) is 0. The van der Waals surface area contributed by atoms with Gasteiger partial charge in [-0.25, -0.2) is 9.37 Å². The number of rotatable bonds is 6. The van der Waals surface area contributed by atoms with Crippen molar-refractivity contribution in [3.8, 4) is 11.3 Å². The highest BCUT2D eigenvalue weighted by molar-refractivity contribution is 7.99. The average Bonchev–Trinajstić information content (AvgIpc) is 3.36. The van der Waals surface area contributed by atoms with Gasteiger partial charge in [-0.15, -0.1) is 11.3 Å². The minimum atomic E-state index is -0.502. The Labute approximate surface area is 168 Å². The van der Waals surface area contributed by atoms with Gasteiger partial charge in [-0.2, -0.15) is 0 Å². The van der Waals surface area contributed by atoms with Crippen LogP contribution in [-0.2, 0) is 17.6 Å². The first kappa shape index (κ1) is 18.7. The number of nitrogens with zero attached hydrogens (tertiary/aromatic N) is 1. The van der Waals surface area contributed by atoms with Crippen LogP contribution in [0.3, 0.4) is 0 Å². The molecule has 0 saturated heterocycles. The third-order valence-corrected chi connectivity index (χ3v) is 6.56. The number of imidazole rings is 1. The van der Waals surface area contributed by atoms with Crippen molar-refractivity contribution >= 4 is 39.9 Å². The summed E-state index contributed by atoms with van der Waals surface area (Å²) >= 11 is 2.68. The molecule has 28 heavy (non-hydrogen) atoms. The Kier molecular flexibility index (Phi) is 5.19. The van der Waals surface area contributed by atoms with Gasteiger partial charge >= 0.3 is 0 Å². The third-order valence-electron chi connectivity index (χ3n) is 4.47. The molecule has 2 amide bonds. The summed E-state index contributed by atoms with van der Waals surface area (Å²) in [6.07, 6.45) is 4.40. The van der Waals surface area contributed by atoms with Crippen molar-refractivity contribution in [3.05, 3.63) is 52.3 Å². The molecule has 0 spiro atoms. The van der Waals surface area contributed by atoms with Crippen molar-refractivity contribution in [2.45, 2.75) is 24.4 Å². The number of halogens is 1. The highest BCUT2D eigenvalue weighted by Gasteiger charge is 2.26. The number of benzene rings is 1. The van der Waals surface area contributed by atoms with E-state index in [4.69, 9.17) is 5.73 Å². The number of aromatic nitrogens is 2. The summed E-state index contributed by atoms with van der Waals surface area (Å²) in [5, 5.41) is 3.93. The smallest absolute Gasteiger partial charge is 0.251 e. The molecule has 0 bridgehead atoms. The molecule has 1 aromatic carbocycles. The number of anilines is 1. The predicted molar refractivity (Wildman–Crippen MR) is 108 cm³/mol. The minimum Gasteiger partial charge on any atom is -0.365 e. The molecule has 0 fully saturated rings. The molecule has 6 nitrogen and oxygen atoms in total. The molecule has 3 aromatic rings. The summed E-state index contributed by atoms with van der Waals surface area (Å²) in [4.78, 5) is 32.6. The highest BCUT2D eigenvalue weighted by atomic mass is 32.2. The monoisotopic (exact) mass is 416 g/mol. The van der Waals surface area contributed by atoms with Crippen LogP contribution in [0.5, 0.6) is 0 Å². The van der Waals surface area contributed by atoms with Crippen molar-refractivity contribution in [3.63, 3.8) is 0 Å². The Balaban J connectivity index is 1.39. The maximum atomic E-state index is 13.0. The van der Waals surface area contributed by atoms with E-state index in [2.05, 4.69) is 15.3 Å². The lowest BCUT2D eigenvalue weighted by atomic mass is 10.1. The number of primary amides is 1. The topological polar surface area (TPSA) is 101 Å². The van der Waals surface area contributed by atoms with E-state index in [1.54, 1.807) is 18.3 Å². The molecule has 0 atom stereocenters. The van der Waals surface area contributed by atoms with E-state index in [-0.39, 0.29) is 17.5 Å². The largest absolute Gasteiger partial charge is 0.365 e. The predicted octanol–water partition coefficient (Wildman–Crippen LogP) is 3.60. The molecule has 4 rings (SSSR count). The van der Waals surface area contributed by atoms with Gasteiger partial charge in [0, 0.05) is 4.88 Å². The van der Waals surface area contributed by atoms with Crippen LogP contribution in [0.2, 0.25) is 0 Å². The number of fused-ring (bicyclic) bond motifs is 1. The number of H-pyrrole nitrogens is 1. The fourth-order valence-corrected chi connectivity index (χ4v) is 5.16. The summed E-state index contributed by atoms with van der Waals surface area (Å²) < 4.78 is 13.0. The molecule has 1 aliphatic rings. The van der Waals surface area contributed by atoms with E-state index in [9.17, 15) is 14.0 Å². The zero-order valence-corrected chi connectivity index (χ0v) is 16.4. The number of hydrogen-bond donors (Lipinski definition) is 3. The number of carbonyl (C=O) groups excluding carboxylic acids is 2. The Bertz CT molecular complexity index is 1040. The fourth-order valence-electron chi connectivity index (χ4n) is 3.20. The zero-order valence-electron chi connectivity index (χ0n) is 14.8. The van der Waals surface area contributed by atoms with E-state index in [1.807, 2.05) is 0 Å². The second-order valence-corrected chi connectivity index (χ2v) is 8.44. The second-order valence-electron chi connectivity index (χ2n) is 6.37. The van der Waals surface area contributed by atoms with Gasteiger partial charge in [-0.05, 0) is 54.7 Å². The number of amides is 2. The SMILES string of the molecule is NC(=O)c1c(NC(=O)CSc2ncc(-c3ccc(F)cc3)[nH]2)sc2c1CCC2. The number of aryl methyl sites for hydroxylation is 1. The lowest BCUT2D eigenvalue weighted by molar-refractivity contribution is -0.113. The number of nitrogens with one attached hydrogen (secondary N) is 2. The number of hydrogen-bond acceptors (Lipinski definition) is 5. The quantitative estimate of drug-likeness (QED) is 0.535. The van der Waals surface area contributed by atoms with Crippen LogP contribution in [0.1, 0.15) is 27.2 Å². The van der Waals surface area contributed by atoms with Crippen LogP contribution in [0.4, 0.5) is 9.39 Å². The van der Waals surface area contributed by atoms with Crippen LogP contribution < -0.4 is 11.1 Å². The fraction of sp³-hybridized carbons (Fsp3) is 0.211. The number of aromatic amines is 1. The molecule has 9 heteroatoms. The van der Waals surface area contributed by atoms with Crippen molar-refractivity contribution in [2.24, 2.45) is 5.73 Å². The lowest BCUT2D eigenvalue weighted by Gasteiger charge is -2.05. The maximum absolute atomic E-state index is 13.0. The van der Waals surface area contributed by atoms with Gasteiger partial charge in [0.1, 0.15) is 10.8 Å². The van der Waals surface area contributed by atoms with Crippen LogP contribution in [-0.4, -0.2) is 27.5 Å². The van der Waals surface area contributed by atoms with Crippen molar-refractivity contribution in [1.29, 1.82) is 0 Å². The molecule has 144 valence electrons. The van der Waals surface area contributed by atoms with E-state index in [1.165, 1.54) is 35.2 Å². The van der Waals surface area contributed by atoms with Gasteiger partial charge in [-0.3, -0.25) is 9.59 Å². The molecule has 0 radical (unpaired) electrons. The normalized spacial score (nSPS) is 12.8. The minimum absolute atomic E-state index is 0.136. The van der Waals surface area contributed by atoms with Gasteiger partial charge in [0.25, 0.3) is 5.91 Å². The summed E-state index contributed by atoms with van der Waals surface area (Å²) in [7, 11) is 0. The average molecular weight is 417 g/mol. The molecule has 1 aliphatic carbocycles. The Hall–Kier alpha value is -2.65. The Morgan fingerprint density at radius 1 is 1.29 bits per heavy atom. The Morgan fingerprint density at radius 2 is 2.07 bits per heavy atom. The maximum Gasteiger partial charge on any atom is 0.251 e. The number of thioether (sulfide) groups is 1. The van der Waals surface area contributed by atoms with E-state index in [0.717, 1.165) is 41.0 Å². The molecule has 2 aromatic heterocycles. The summed E-state index contributed by atoms with van der Waals surface area (Å²) in [5.74, 6) is -0.897. The lowest BCUT2D eigenvalue weighted by Crippen LogP contribution is -2.18. The molecular formula is C19H17FN4O2S2. The van der Waals surface area contributed by atoms with Gasteiger partial charge in [0.15, 0.2) is 5.16 Å². The first-order valence-electron chi connectivity index (χ1n) is 8.69. The van der Waals surface area contributed by atoms with E-state index < -0.39 is 5.91 Å². The molecular weight excluding hydrogens is 399 g/mol. The van der Waals surface area contributed by atoms with Crippen molar-refractivity contribution < 1.29 is 14.0 Å². The van der Waals surface area contributed by atoms with Crippen LogP contribution in [0.25, 0.3) is 11.3 Å². The van der Waals surface area contributed by atoms with Crippen LogP contribution in [0, 0.1) is 5.82 Å². The first-order chi connectivity index (χ1) is 13.5. The summed E-state index contributed by atoms with van der Waals surface area (Å²) in [6, 6.07) is 6.08.